The van der Waals surface area contributed by atoms with Crippen LogP contribution in [-0.4, -0.2) is 30.6 Å². The van der Waals surface area contributed by atoms with E-state index in [9.17, 15) is 5.11 Å². The smallest absolute Gasteiger partial charge is 0.120 e. The molecule has 0 bridgehead atoms. The first kappa shape index (κ1) is 16.0. The highest BCUT2D eigenvalue weighted by atomic mass is 35.5. The number of aliphatic hydroxyl groups excluding tert-OH is 1. The van der Waals surface area contributed by atoms with Gasteiger partial charge in [-0.1, -0.05) is 29.8 Å². The summed E-state index contributed by atoms with van der Waals surface area (Å²) in [6.45, 7) is 0.646. The van der Waals surface area contributed by atoms with Gasteiger partial charge in [0.2, 0.25) is 0 Å². The van der Waals surface area contributed by atoms with Crippen molar-refractivity contribution in [2.45, 2.75) is 11.0 Å². The number of hydrogen-bond acceptors (Lipinski definition) is 4. The Morgan fingerprint density at radius 1 is 1.24 bits per heavy atom. The number of anilines is 1. The van der Waals surface area contributed by atoms with Crippen LogP contribution >= 0.6 is 23.4 Å². The Labute approximate surface area is 134 Å². The first-order valence-corrected chi connectivity index (χ1v) is 8.22. The number of ether oxygens (including phenoxy) is 1. The zero-order valence-electron chi connectivity index (χ0n) is 11.8. The summed E-state index contributed by atoms with van der Waals surface area (Å²) >= 11 is 7.55. The maximum Gasteiger partial charge on any atom is 0.120 e. The number of para-hydroxylation sites is 1. The van der Waals surface area contributed by atoms with Crippen LogP contribution in [0.5, 0.6) is 5.75 Å². The van der Waals surface area contributed by atoms with Gasteiger partial charge in [-0.3, -0.25) is 0 Å². The Hall–Kier alpha value is -1.36. The Bertz CT molecular complexity index is 580. The first-order valence-electron chi connectivity index (χ1n) is 6.62. The predicted octanol–water partition coefficient (Wildman–Crippen LogP) is 3.91. The molecule has 0 radical (unpaired) electrons. The molecule has 0 heterocycles. The molecule has 0 saturated carbocycles. The molecule has 21 heavy (non-hydrogen) atoms. The van der Waals surface area contributed by atoms with E-state index in [0.717, 1.165) is 10.6 Å². The van der Waals surface area contributed by atoms with Crippen LogP contribution in [0.1, 0.15) is 0 Å². The number of hydrogen-bond donors (Lipinski definition) is 2. The lowest BCUT2D eigenvalue weighted by molar-refractivity contribution is 0.117. The standard InChI is InChI=1S/C16H18ClNO2S/c1-21-16-8-3-2-7-15(16)18-10-13(19)11-20-14-6-4-5-12(17)9-14/h2-9,13,18-19H,10-11H2,1H3. The third kappa shape index (κ3) is 5.16. The second kappa shape index (κ2) is 8.17. The van der Waals surface area contributed by atoms with Gasteiger partial charge < -0.3 is 15.2 Å². The molecule has 0 aromatic heterocycles. The lowest BCUT2D eigenvalue weighted by Gasteiger charge is -2.15. The van der Waals surface area contributed by atoms with Crippen LogP contribution < -0.4 is 10.1 Å². The molecule has 0 aliphatic heterocycles. The molecular formula is C16H18ClNO2S. The molecule has 1 atom stereocenters. The lowest BCUT2D eigenvalue weighted by atomic mass is 10.3. The second-order valence-corrected chi connectivity index (χ2v) is 5.79. The molecule has 0 spiro atoms. The van der Waals surface area contributed by atoms with Gasteiger partial charge in [0.05, 0.1) is 0 Å². The summed E-state index contributed by atoms with van der Waals surface area (Å²) in [4.78, 5) is 1.15. The van der Waals surface area contributed by atoms with Crippen LogP contribution in [0.4, 0.5) is 5.69 Å². The van der Waals surface area contributed by atoms with Crippen LogP contribution in [0.15, 0.2) is 53.4 Å². The fourth-order valence-electron chi connectivity index (χ4n) is 1.83. The van der Waals surface area contributed by atoms with Crippen molar-refractivity contribution in [1.82, 2.24) is 0 Å². The Morgan fingerprint density at radius 3 is 2.81 bits per heavy atom. The van der Waals surface area contributed by atoms with Gasteiger partial charge >= 0.3 is 0 Å². The first-order chi connectivity index (χ1) is 10.2. The summed E-state index contributed by atoms with van der Waals surface area (Å²) in [5, 5.41) is 13.8. The minimum absolute atomic E-state index is 0.217. The van der Waals surface area contributed by atoms with Crippen LogP contribution in [0.25, 0.3) is 0 Å². The van der Waals surface area contributed by atoms with Crippen molar-refractivity contribution < 1.29 is 9.84 Å². The lowest BCUT2D eigenvalue weighted by Crippen LogP contribution is -2.26. The summed E-state index contributed by atoms with van der Waals surface area (Å²) in [5.41, 5.74) is 1.02. The highest BCUT2D eigenvalue weighted by molar-refractivity contribution is 7.98. The number of halogens is 1. The number of rotatable bonds is 7. The summed E-state index contributed by atoms with van der Waals surface area (Å²) in [6.07, 6.45) is 1.43. The molecule has 2 aromatic rings. The summed E-state index contributed by atoms with van der Waals surface area (Å²) in [5.74, 6) is 0.658. The number of nitrogens with one attached hydrogen (secondary N) is 1. The Morgan fingerprint density at radius 2 is 2.05 bits per heavy atom. The maximum absolute atomic E-state index is 9.98. The molecule has 0 fully saturated rings. The zero-order valence-corrected chi connectivity index (χ0v) is 13.3. The maximum atomic E-state index is 9.98. The summed E-state index contributed by atoms with van der Waals surface area (Å²) in [7, 11) is 0. The third-order valence-corrected chi connectivity index (χ3v) is 3.90. The van der Waals surface area contributed by atoms with Crippen LogP contribution in [-0.2, 0) is 0 Å². The van der Waals surface area contributed by atoms with Gasteiger partial charge in [0, 0.05) is 22.2 Å². The van der Waals surface area contributed by atoms with Crippen LogP contribution in [0.2, 0.25) is 5.02 Å². The van der Waals surface area contributed by atoms with Crippen molar-refractivity contribution in [1.29, 1.82) is 0 Å². The van der Waals surface area contributed by atoms with E-state index < -0.39 is 6.10 Å². The quantitative estimate of drug-likeness (QED) is 0.758. The van der Waals surface area contributed by atoms with E-state index in [4.69, 9.17) is 16.3 Å². The van der Waals surface area contributed by atoms with Gasteiger partial charge in [-0.25, -0.2) is 0 Å². The average Bonchev–Trinajstić information content (AvgIpc) is 2.51. The average molecular weight is 324 g/mol. The van der Waals surface area contributed by atoms with Gasteiger partial charge in [-0.2, -0.15) is 0 Å². The monoisotopic (exact) mass is 323 g/mol. The highest BCUT2D eigenvalue weighted by Gasteiger charge is 2.07. The molecule has 2 aromatic carbocycles. The molecule has 1 unspecified atom stereocenters. The van der Waals surface area contributed by atoms with E-state index in [1.165, 1.54) is 0 Å². The van der Waals surface area contributed by atoms with E-state index in [0.29, 0.717) is 17.3 Å². The Balaban J connectivity index is 1.81. The van der Waals surface area contributed by atoms with Crippen molar-refractivity contribution in [2.75, 3.05) is 24.7 Å². The molecule has 0 saturated heterocycles. The number of benzene rings is 2. The molecule has 2 N–H and O–H groups in total. The number of aliphatic hydroxyl groups is 1. The summed E-state index contributed by atoms with van der Waals surface area (Å²) in [6, 6.07) is 15.1. The minimum atomic E-state index is -0.598. The molecular weight excluding hydrogens is 306 g/mol. The molecule has 2 rings (SSSR count). The molecule has 112 valence electrons. The van der Waals surface area contributed by atoms with Gasteiger partial charge in [-0.15, -0.1) is 11.8 Å². The van der Waals surface area contributed by atoms with Crippen molar-refractivity contribution in [3.63, 3.8) is 0 Å². The van der Waals surface area contributed by atoms with Gasteiger partial charge in [0.1, 0.15) is 18.5 Å². The van der Waals surface area contributed by atoms with Gasteiger partial charge in [-0.05, 0) is 36.6 Å². The topological polar surface area (TPSA) is 41.5 Å². The fourth-order valence-corrected chi connectivity index (χ4v) is 2.58. The van der Waals surface area contributed by atoms with Gasteiger partial charge in [0.15, 0.2) is 0 Å². The fraction of sp³-hybridized carbons (Fsp3) is 0.250. The van der Waals surface area contributed by atoms with Crippen LogP contribution in [0.3, 0.4) is 0 Å². The molecule has 5 heteroatoms. The normalized spacial score (nSPS) is 12.0. The van der Waals surface area contributed by atoms with E-state index in [1.807, 2.05) is 42.7 Å². The van der Waals surface area contributed by atoms with E-state index in [2.05, 4.69) is 5.32 Å². The zero-order chi connectivity index (χ0) is 15.1. The van der Waals surface area contributed by atoms with Crippen LogP contribution in [0, 0.1) is 0 Å². The van der Waals surface area contributed by atoms with Crippen molar-refractivity contribution in [3.05, 3.63) is 53.6 Å². The van der Waals surface area contributed by atoms with E-state index in [-0.39, 0.29) is 6.61 Å². The minimum Gasteiger partial charge on any atom is -0.491 e. The number of thioether (sulfide) groups is 1. The molecule has 0 aliphatic carbocycles. The largest absolute Gasteiger partial charge is 0.491 e. The van der Waals surface area contributed by atoms with E-state index >= 15 is 0 Å². The Kier molecular flexibility index (Phi) is 6.23. The van der Waals surface area contributed by atoms with Crippen molar-refractivity contribution >= 4 is 29.1 Å². The van der Waals surface area contributed by atoms with E-state index in [1.54, 1.807) is 23.9 Å². The summed E-state index contributed by atoms with van der Waals surface area (Å²) < 4.78 is 5.51. The molecule has 3 nitrogen and oxygen atoms in total. The highest BCUT2D eigenvalue weighted by Crippen LogP contribution is 2.24. The van der Waals surface area contributed by atoms with Gasteiger partial charge in [0.25, 0.3) is 0 Å². The molecule has 0 aliphatic rings. The third-order valence-electron chi connectivity index (χ3n) is 2.87. The second-order valence-electron chi connectivity index (χ2n) is 4.50. The molecule has 0 amide bonds. The SMILES string of the molecule is CSc1ccccc1NCC(O)COc1cccc(Cl)c1. The predicted molar refractivity (Wildman–Crippen MR) is 89.7 cm³/mol. The van der Waals surface area contributed by atoms with Crippen molar-refractivity contribution in [2.24, 2.45) is 0 Å². The van der Waals surface area contributed by atoms with Crippen molar-refractivity contribution in [3.8, 4) is 5.75 Å².